The summed E-state index contributed by atoms with van der Waals surface area (Å²) in [6.45, 7) is 4.64. The van der Waals surface area contributed by atoms with E-state index in [2.05, 4.69) is 20.1 Å². The molecule has 8 nitrogen and oxygen atoms in total. The van der Waals surface area contributed by atoms with Gasteiger partial charge in [0.25, 0.3) is 10.0 Å². The Balaban J connectivity index is 1.19. The second kappa shape index (κ2) is 12.5. The molecule has 4 aromatic rings. The van der Waals surface area contributed by atoms with E-state index in [-0.39, 0.29) is 27.3 Å². The normalized spacial score (nSPS) is 16.8. The van der Waals surface area contributed by atoms with Gasteiger partial charge in [0.05, 0.1) is 33.1 Å². The molecule has 1 atom stereocenters. The van der Waals surface area contributed by atoms with Gasteiger partial charge in [-0.2, -0.15) is 0 Å². The van der Waals surface area contributed by atoms with Crippen LogP contribution < -0.4 is 14.5 Å². The van der Waals surface area contributed by atoms with Gasteiger partial charge in [-0.25, -0.2) is 13.4 Å². The molecule has 1 N–H and O–H groups in total. The van der Waals surface area contributed by atoms with Crippen molar-refractivity contribution in [2.45, 2.75) is 17.4 Å². The average molecular weight is 637 g/mol. The summed E-state index contributed by atoms with van der Waals surface area (Å²) in [5, 5.41) is 3.44. The first-order chi connectivity index (χ1) is 20.8. The van der Waals surface area contributed by atoms with Crippen LogP contribution in [0.4, 0.5) is 11.5 Å². The SMILES string of the molecule is O=C(CC1c2ccccc2-c2ccccc2N1S(=O)(=O)c1ccc(Cl)c(Cl)c1)NCCN1CCN(c2ccccn2)CC1. The fourth-order valence-electron chi connectivity index (χ4n) is 5.80. The van der Waals surface area contributed by atoms with E-state index in [9.17, 15) is 13.2 Å². The molecule has 0 saturated carbocycles. The molecule has 0 radical (unpaired) electrons. The molecule has 1 unspecified atom stereocenters. The lowest BCUT2D eigenvalue weighted by Gasteiger charge is -2.39. The van der Waals surface area contributed by atoms with Crippen LogP contribution in [0.25, 0.3) is 11.1 Å². The van der Waals surface area contributed by atoms with Crippen molar-refractivity contribution in [3.8, 4) is 11.1 Å². The van der Waals surface area contributed by atoms with E-state index < -0.39 is 16.1 Å². The van der Waals surface area contributed by atoms with Crippen LogP contribution in [0.3, 0.4) is 0 Å². The van der Waals surface area contributed by atoms with E-state index in [1.54, 1.807) is 18.3 Å². The minimum atomic E-state index is -4.13. The van der Waals surface area contributed by atoms with Crippen molar-refractivity contribution in [3.63, 3.8) is 0 Å². The van der Waals surface area contributed by atoms with Gasteiger partial charge in [-0.3, -0.25) is 14.0 Å². The number of hydrogen-bond acceptors (Lipinski definition) is 6. The van der Waals surface area contributed by atoms with Crippen LogP contribution in [0.15, 0.2) is 96.0 Å². The van der Waals surface area contributed by atoms with E-state index in [0.29, 0.717) is 18.8 Å². The Bertz CT molecular complexity index is 1730. The van der Waals surface area contributed by atoms with Crippen LogP contribution in [0.1, 0.15) is 18.0 Å². The van der Waals surface area contributed by atoms with Crippen LogP contribution in [-0.4, -0.2) is 63.5 Å². The van der Waals surface area contributed by atoms with E-state index in [1.807, 2.05) is 54.6 Å². The molecule has 43 heavy (non-hydrogen) atoms. The Morgan fingerprint density at radius 2 is 1.58 bits per heavy atom. The van der Waals surface area contributed by atoms with Gasteiger partial charge in [-0.15, -0.1) is 0 Å². The summed E-state index contributed by atoms with van der Waals surface area (Å²) in [5.74, 6) is 0.755. The first-order valence-corrected chi connectivity index (χ1v) is 16.4. The number of hydrogen-bond donors (Lipinski definition) is 1. The summed E-state index contributed by atoms with van der Waals surface area (Å²) >= 11 is 12.3. The highest BCUT2D eigenvalue weighted by Crippen LogP contribution is 2.48. The lowest BCUT2D eigenvalue weighted by Crippen LogP contribution is -2.49. The quantitative estimate of drug-likeness (QED) is 0.270. The number of aromatic nitrogens is 1. The Kier molecular flexibility index (Phi) is 8.59. The number of amides is 1. The number of carbonyl (C=O) groups excluding carboxylic acids is 1. The standard InChI is InChI=1S/C32H31Cl2N5O3S/c33-27-13-12-23(21-28(27)34)43(41,42)39-29-10-4-3-8-25(29)24-7-1-2-9-26(24)30(39)22-32(40)36-15-16-37-17-19-38(20-18-37)31-11-5-6-14-35-31/h1-14,21,30H,15-20,22H2,(H,36,40). The smallest absolute Gasteiger partial charge is 0.264 e. The Morgan fingerprint density at radius 1 is 0.860 bits per heavy atom. The van der Waals surface area contributed by atoms with Crippen molar-refractivity contribution in [1.29, 1.82) is 0 Å². The van der Waals surface area contributed by atoms with Gasteiger partial charge >= 0.3 is 0 Å². The summed E-state index contributed by atoms with van der Waals surface area (Å²) in [5.41, 5.74) is 2.96. The molecule has 1 amide bonds. The van der Waals surface area contributed by atoms with Gasteiger partial charge in [0, 0.05) is 51.0 Å². The van der Waals surface area contributed by atoms with E-state index in [4.69, 9.17) is 23.2 Å². The van der Waals surface area contributed by atoms with E-state index in [1.165, 1.54) is 22.5 Å². The number of sulfonamides is 1. The second-order valence-electron chi connectivity index (χ2n) is 10.6. The van der Waals surface area contributed by atoms with Crippen LogP contribution in [-0.2, 0) is 14.8 Å². The van der Waals surface area contributed by atoms with Crippen molar-refractivity contribution in [2.75, 3.05) is 48.5 Å². The second-order valence-corrected chi connectivity index (χ2v) is 13.2. The topological polar surface area (TPSA) is 85.8 Å². The number of nitrogens with zero attached hydrogens (tertiary/aromatic N) is 4. The number of carbonyl (C=O) groups is 1. The fraction of sp³-hybridized carbons (Fsp3) is 0.250. The van der Waals surface area contributed by atoms with Crippen molar-refractivity contribution < 1.29 is 13.2 Å². The van der Waals surface area contributed by atoms with Crippen molar-refractivity contribution in [3.05, 3.63) is 107 Å². The van der Waals surface area contributed by atoms with Gasteiger partial charge in [0.2, 0.25) is 5.91 Å². The average Bonchev–Trinajstić information content (AvgIpc) is 3.03. The van der Waals surface area contributed by atoms with E-state index in [0.717, 1.165) is 48.7 Å². The molecule has 3 heterocycles. The molecule has 2 aliphatic rings. The zero-order valence-corrected chi connectivity index (χ0v) is 25.7. The number of pyridine rings is 1. The molecule has 0 spiro atoms. The Morgan fingerprint density at radius 3 is 2.33 bits per heavy atom. The maximum atomic E-state index is 14.2. The molecule has 3 aromatic carbocycles. The van der Waals surface area contributed by atoms with Gasteiger partial charge in [-0.05, 0) is 47.5 Å². The van der Waals surface area contributed by atoms with Gasteiger partial charge < -0.3 is 10.2 Å². The highest BCUT2D eigenvalue weighted by atomic mass is 35.5. The largest absolute Gasteiger partial charge is 0.355 e. The third-order valence-corrected chi connectivity index (χ3v) is 10.5. The number of halogens is 2. The third kappa shape index (κ3) is 6.08. The van der Waals surface area contributed by atoms with Crippen molar-refractivity contribution in [2.24, 2.45) is 0 Å². The summed E-state index contributed by atoms with van der Waals surface area (Å²) in [7, 11) is -4.13. The van der Waals surface area contributed by atoms with Crippen LogP contribution in [0, 0.1) is 0 Å². The summed E-state index contributed by atoms with van der Waals surface area (Å²) < 4.78 is 29.8. The number of piperazine rings is 1. The maximum absolute atomic E-state index is 14.2. The molecule has 2 aliphatic heterocycles. The molecular formula is C32H31Cl2N5O3S. The van der Waals surface area contributed by atoms with E-state index >= 15 is 0 Å². The molecule has 1 fully saturated rings. The molecule has 0 aliphatic carbocycles. The maximum Gasteiger partial charge on any atom is 0.264 e. The van der Waals surface area contributed by atoms with Gasteiger partial charge in [0.15, 0.2) is 0 Å². The van der Waals surface area contributed by atoms with Crippen molar-refractivity contribution in [1.82, 2.24) is 15.2 Å². The zero-order chi connectivity index (χ0) is 30.0. The first kappa shape index (κ1) is 29.4. The molecule has 1 aromatic heterocycles. The molecular weight excluding hydrogens is 605 g/mol. The molecule has 222 valence electrons. The molecule has 0 bridgehead atoms. The highest BCUT2D eigenvalue weighted by molar-refractivity contribution is 7.92. The van der Waals surface area contributed by atoms with Crippen LogP contribution >= 0.6 is 23.2 Å². The predicted molar refractivity (Wildman–Crippen MR) is 171 cm³/mol. The number of anilines is 2. The molecule has 11 heteroatoms. The van der Waals surface area contributed by atoms with Gasteiger partial charge in [-0.1, -0.05) is 71.7 Å². The van der Waals surface area contributed by atoms with Crippen LogP contribution in [0.2, 0.25) is 10.0 Å². The minimum Gasteiger partial charge on any atom is -0.355 e. The number of benzene rings is 3. The molecule has 1 saturated heterocycles. The monoisotopic (exact) mass is 635 g/mol. The number of para-hydroxylation sites is 1. The minimum absolute atomic E-state index is 0.00587. The summed E-state index contributed by atoms with van der Waals surface area (Å²) in [4.78, 5) is 22.4. The Labute approximate surface area is 261 Å². The summed E-state index contributed by atoms with van der Waals surface area (Å²) in [6, 6.07) is 24.4. The Hall–Kier alpha value is -3.63. The van der Waals surface area contributed by atoms with Gasteiger partial charge in [0.1, 0.15) is 5.82 Å². The highest BCUT2D eigenvalue weighted by Gasteiger charge is 2.40. The van der Waals surface area contributed by atoms with Crippen LogP contribution in [0.5, 0.6) is 0 Å². The molecule has 6 rings (SSSR count). The number of fused-ring (bicyclic) bond motifs is 3. The lowest BCUT2D eigenvalue weighted by molar-refractivity contribution is -0.121. The zero-order valence-electron chi connectivity index (χ0n) is 23.4. The third-order valence-electron chi connectivity index (χ3n) is 7.96. The lowest BCUT2D eigenvalue weighted by atomic mass is 9.88. The number of rotatable bonds is 8. The predicted octanol–water partition coefficient (Wildman–Crippen LogP) is 5.63. The fourth-order valence-corrected chi connectivity index (χ4v) is 7.84. The first-order valence-electron chi connectivity index (χ1n) is 14.2. The van der Waals surface area contributed by atoms with Crippen molar-refractivity contribution >= 4 is 50.6 Å². The number of nitrogens with one attached hydrogen (secondary N) is 1. The summed E-state index contributed by atoms with van der Waals surface area (Å²) in [6.07, 6.45) is 1.76.